The number of nitrogens with one attached hydrogen (secondary N) is 1. The number of halogens is 3. The summed E-state index contributed by atoms with van der Waals surface area (Å²) >= 11 is 0. The first-order chi connectivity index (χ1) is 12.9. The Morgan fingerprint density at radius 1 is 0.889 bits per heavy atom. The Bertz CT molecular complexity index is 925. The monoisotopic (exact) mass is 373 g/mol. The van der Waals surface area contributed by atoms with Crippen molar-refractivity contribution in [2.45, 2.75) is 18.2 Å². The van der Waals surface area contributed by atoms with Crippen molar-refractivity contribution in [1.82, 2.24) is 5.32 Å². The molecule has 6 heteroatoms. The summed E-state index contributed by atoms with van der Waals surface area (Å²) in [6.45, 7) is -0.341. The Hall–Kier alpha value is -2.86. The Morgan fingerprint density at radius 3 is 2.19 bits per heavy atom. The highest BCUT2D eigenvalue weighted by Crippen LogP contribution is 2.32. The number of aliphatic hydroxyl groups is 1. The molecule has 2 N–H and O–H groups in total. The lowest BCUT2D eigenvalue weighted by Crippen LogP contribution is -2.39. The number of carbonyl (C=O) groups excluding carboxylic acids is 1. The van der Waals surface area contributed by atoms with E-state index in [9.17, 15) is 23.1 Å². The van der Waals surface area contributed by atoms with Gasteiger partial charge in [-0.3, -0.25) is 4.79 Å². The van der Waals surface area contributed by atoms with Crippen LogP contribution >= 0.6 is 0 Å². The highest BCUT2D eigenvalue weighted by molar-refractivity contribution is 5.83. The number of aliphatic hydroxyl groups excluding tert-OH is 1. The molecule has 2 unspecified atom stereocenters. The van der Waals surface area contributed by atoms with Crippen LogP contribution in [-0.4, -0.2) is 23.7 Å². The van der Waals surface area contributed by atoms with Gasteiger partial charge >= 0.3 is 12.1 Å². The molecule has 27 heavy (non-hydrogen) atoms. The number of carbonyl (C=O) groups is 1. The van der Waals surface area contributed by atoms with Crippen LogP contribution in [-0.2, 0) is 4.79 Å². The zero-order valence-electron chi connectivity index (χ0n) is 14.3. The van der Waals surface area contributed by atoms with Gasteiger partial charge < -0.3 is 10.4 Å². The second kappa shape index (κ2) is 7.80. The molecule has 0 aromatic heterocycles. The first-order valence-electron chi connectivity index (χ1n) is 8.43. The third kappa shape index (κ3) is 4.46. The molecule has 0 radical (unpaired) electrons. The lowest BCUT2D eigenvalue weighted by Gasteiger charge is -2.25. The Kier molecular flexibility index (Phi) is 5.46. The predicted molar refractivity (Wildman–Crippen MR) is 97.2 cm³/mol. The molecule has 3 aromatic carbocycles. The highest BCUT2D eigenvalue weighted by atomic mass is 19.4. The molecule has 0 saturated heterocycles. The van der Waals surface area contributed by atoms with E-state index in [0.717, 1.165) is 10.8 Å². The molecule has 0 heterocycles. The average Bonchev–Trinajstić information content (AvgIpc) is 2.67. The lowest BCUT2D eigenvalue weighted by molar-refractivity contribution is -0.173. The van der Waals surface area contributed by atoms with Gasteiger partial charge in [-0.25, -0.2) is 0 Å². The number of benzene rings is 3. The molecule has 0 bridgehead atoms. The van der Waals surface area contributed by atoms with E-state index in [2.05, 4.69) is 0 Å². The van der Waals surface area contributed by atoms with E-state index in [1.165, 1.54) is 0 Å². The molecule has 140 valence electrons. The number of alkyl halides is 3. The fraction of sp³-hybridized carbons (Fsp3) is 0.190. The number of hydrogen-bond donors (Lipinski definition) is 2. The number of hydrogen-bond acceptors (Lipinski definition) is 2. The predicted octanol–water partition coefficient (Wildman–Crippen LogP) is 4.34. The van der Waals surface area contributed by atoms with Crippen molar-refractivity contribution in [3.05, 3.63) is 83.9 Å². The summed E-state index contributed by atoms with van der Waals surface area (Å²) in [5, 5.41) is 14.6. The van der Waals surface area contributed by atoms with E-state index < -0.39 is 24.1 Å². The van der Waals surface area contributed by atoms with Crippen molar-refractivity contribution in [1.29, 1.82) is 0 Å². The van der Waals surface area contributed by atoms with Gasteiger partial charge in [0.1, 0.15) is 0 Å². The van der Waals surface area contributed by atoms with Crippen LogP contribution in [0.15, 0.2) is 72.8 Å². The standard InChI is InChI=1S/C21H18F3NO2/c22-21(23,24)20(27)25-13-18(19(26)15-7-2-1-3-8-15)17-11-10-14-6-4-5-9-16(14)12-17/h1-12,18-19,26H,13H2,(H,25,27). The molecular formula is C21H18F3NO2. The van der Waals surface area contributed by atoms with Gasteiger partial charge in [0.15, 0.2) is 0 Å². The van der Waals surface area contributed by atoms with Gasteiger partial charge in [-0.05, 0) is 21.9 Å². The van der Waals surface area contributed by atoms with E-state index in [-0.39, 0.29) is 6.54 Å². The van der Waals surface area contributed by atoms with E-state index in [1.807, 2.05) is 41.7 Å². The second-order valence-electron chi connectivity index (χ2n) is 6.28. The highest BCUT2D eigenvalue weighted by Gasteiger charge is 2.39. The molecule has 3 nitrogen and oxygen atoms in total. The molecule has 0 aliphatic rings. The molecule has 0 saturated carbocycles. The fourth-order valence-corrected chi connectivity index (χ4v) is 3.04. The Labute approximate surface area is 154 Å². The van der Waals surface area contributed by atoms with Crippen LogP contribution in [0.4, 0.5) is 13.2 Å². The van der Waals surface area contributed by atoms with Crippen molar-refractivity contribution in [2.24, 2.45) is 0 Å². The maximum Gasteiger partial charge on any atom is 0.471 e. The summed E-state index contributed by atoms with van der Waals surface area (Å²) < 4.78 is 37.7. The first kappa shape index (κ1) is 18.9. The molecular weight excluding hydrogens is 355 g/mol. The largest absolute Gasteiger partial charge is 0.471 e. The van der Waals surface area contributed by atoms with Gasteiger partial charge in [0, 0.05) is 12.5 Å². The van der Waals surface area contributed by atoms with Gasteiger partial charge in [0.25, 0.3) is 0 Å². The number of amides is 1. The van der Waals surface area contributed by atoms with E-state index >= 15 is 0 Å². The lowest BCUT2D eigenvalue weighted by atomic mass is 9.88. The van der Waals surface area contributed by atoms with Crippen LogP contribution in [0.5, 0.6) is 0 Å². The minimum absolute atomic E-state index is 0.341. The maximum absolute atomic E-state index is 12.6. The minimum Gasteiger partial charge on any atom is -0.388 e. The number of fused-ring (bicyclic) bond motifs is 1. The van der Waals surface area contributed by atoms with Crippen LogP contribution in [0.3, 0.4) is 0 Å². The molecule has 2 atom stereocenters. The summed E-state index contributed by atoms with van der Waals surface area (Å²) in [6.07, 6.45) is -6.04. The third-order valence-corrected chi connectivity index (χ3v) is 4.46. The van der Waals surface area contributed by atoms with Crippen molar-refractivity contribution < 1.29 is 23.1 Å². The molecule has 0 fully saturated rings. The van der Waals surface area contributed by atoms with Gasteiger partial charge in [-0.2, -0.15) is 13.2 Å². The maximum atomic E-state index is 12.6. The second-order valence-corrected chi connectivity index (χ2v) is 6.28. The van der Waals surface area contributed by atoms with E-state index in [1.54, 1.807) is 36.4 Å². The van der Waals surface area contributed by atoms with Crippen LogP contribution in [0.1, 0.15) is 23.1 Å². The molecule has 0 aliphatic carbocycles. The van der Waals surface area contributed by atoms with Crippen LogP contribution in [0, 0.1) is 0 Å². The number of rotatable bonds is 5. The average molecular weight is 373 g/mol. The van der Waals surface area contributed by atoms with Gasteiger partial charge in [0.05, 0.1) is 6.10 Å². The normalized spacial score (nSPS) is 13.9. The topological polar surface area (TPSA) is 49.3 Å². The first-order valence-corrected chi connectivity index (χ1v) is 8.43. The molecule has 0 aliphatic heterocycles. The zero-order valence-corrected chi connectivity index (χ0v) is 14.3. The Balaban J connectivity index is 1.93. The summed E-state index contributed by atoms with van der Waals surface area (Å²) in [4.78, 5) is 11.3. The molecule has 3 rings (SSSR count). The van der Waals surface area contributed by atoms with Crippen molar-refractivity contribution in [3.63, 3.8) is 0 Å². The Morgan fingerprint density at radius 2 is 1.52 bits per heavy atom. The van der Waals surface area contributed by atoms with Crippen molar-refractivity contribution in [3.8, 4) is 0 Å². The van der Waals surface area contributed by atoms with Crippen molar-refractivity contribution >= 4 is 16.7 Å². The zero-order chi connectivity index (χ0) is 19.4. The van der Waals surface area contributed by atoms with E-state index in [4.69, 9.17) is 0 Å². The van der Waals surface area contributed by atoms with Gasteiger partial charge in [-0.1, -0.05) is 72.8 Å². The molecule has 1 amide bonds. The third-order valence-electron chi connectivity index (χ3n) is 4.46. The summed E-state index contributed by atoms with van der Waals surface area (Å²) in [6, 6.07) is 21.7. The van der Waals surface area contributed by atoms with E-state index in [0.29, 0.717) is 11.1 Å². The fourth-order valence-electron chi connectivity index (χ4n) is 3.04. The van der Waals surface area contributed by atoms with Crippen molar-refractivity contribution in [2.75, 3.05) is 6.54 Å². The molecule has 3 aromatic rings. The summed E-state index contributed by atoms with van der Waals surface area (Å²) in [5.74, 6) is -2.75. The van der Waals surface area contributed by atoms with Crippen LogP contribution < -0.4 is 5.32 Å². The van der Waals surface area contributed by atoms with Crippen LogP contribution in [0.2, 0.25) is 0 Å². The van der Waals surface area contributed by atoms with Gasteiger partial charge in [0.2, 0.25) is 0 Å². The SMILES string of the molecule is O=C(NCC(c1ccc2ccccc2c1)C(O)c1ccccc1)C(F)(F)F. The quantitative estimate of drug-likeness (QED) is 0.699. The van der Waals surface area contributed by atoms with Crippen LogP contribution in [0.25, 0.3) is 10.8 Å². The summed E-state index contributed by atoms with van der Waals surface area (Å²) in [5.41, 5.74) is 1.21. The smallest absolute Gasteiger partial charge is 0.388 e. The summed E-state index contributed by atoms with van der Waals surface area (Å²) in [7, 11) is 0. The minimum atomic E-state index is -4.97. The van der Waals surface area contributed by atoms with Gasteiger partial charge in [-0.15, -0.1) is 0 Å². The molecule has 0 spiro atoms.